The first-order valence-corrected chi connectivity index (χ1v) is 8.24. The van der Waals surface area contributed by atoms with Gasteiger partial charge < -0.3 is 19.5 Å². The third-order valence-corrected chi connectivity index (χ3v) is 4.76. The number of aliphatic hydroxyl groups is 1. The number of hydrogen-bond donors (Lipinski definition) is 1. The van der Waals surface area contributed by atoms with E-state index in [0.29, 0.717) is 29.5 Å². The standard InChI is InChI=1S/C18H21ClN2O3/c1-23-15-9-13(10-16(12-15)24-2)18(22)4-7-21(8-5-18)14-3-6-20-17(19)11-14/h3,6,9-12,22H,4-5,7-8H2,1-2H3. The molecule has 1 saturated heterocycles. The van der Waals surface area contributed by atoms with Gasteiger partial charge in [0.1, 0.15) is 16.7 Å². The molecule has 5 nitrogen and oxygen atoms in total. The van der Waals surface area contributed by atoms with E-state index in [9.17, 15) is 5.11 Å². The van der Waals surface area contributed by atoms with Gasteiger partial charge in [0.2, 0.25) is 0 Å². The van der Waals surface area contributed by atoms with Gasteiger partial charge in [-0.3, -0.25) is 0 Å². The SMILES string of the molecule is COc1cc(OC)cc(C2(O)CCN(c3ccnc(Cl)c3)CC2)c1. The van der Waals surface area contributed by atoms with Crippen LogP contribution in [0.1, 0.15) is 18.4 Å². The van der Waals surface area contributed by atoms with E-state index in [0.717, 1.165) is 24.3 Å². The summed E-state index contributed by atoms with van der Waals surface area (Å²) < 4.78 is 10.6. The number of nitrogens with zero attached hydrogens (tertiary/aromatic N) is 2. The lowest BCUT2D eigenvalue weighted by atomic mass is 9.84. The second kappa shape index (κ2) is 6.87. The fourth-order valence-electron chi connectivity index (χ4n) is 3.09. The summed E-state index contributed by atoms with van der Waals surface area (Å²) in [5, 5.41) is 11.6. The Morgan fingerprint density at radius 3 is 2.25 bits per heavy atom. The van der Waals surface area contributed by atoms with E-state index in [1.807, 2.05) is 24.3 Å². The van der Waals surface area contributed by atoms with Crippen molar-refractivity contribution < 1.29 is 14.6 Å². The molecule has 1 aromatic heterocycles. The molecule has 1 fully saturated rings. The van der Waals surface area contributed by atoms with Gasteiger partial charge in [0.05, 0.1) is 19.8 Å². The van der Waals surface area contributed by atoms with Crippen molar-refractivity contribution in [2.24, 2.45) is 0 Å². The maximum Gasteiger partial charge on any atom is 0.131 e. The molecule has 1 N–H and O–H groups in total. The maximum absolute atomic E-state index is 11.1. The molecule has 0 unspecified atom stereocenters. The van der Waals surface area contributed by atoms with Crippen LogP contribution in [0.5, 0.6) is 11.5 Å². The van der Waals surface area contributed by atoms with Gasteiger partial charge in [-0.1, -0.05) is 11.6 Å². The lowest BCUT2D eigenvalue weighted by molar-refractivity contribution is 0.0114. The van der Waals surface area contributed by atoms with Gasteiger partial charge >= 0.3 is 0 Å². The summed E-state index contributed by atoms with van der Waals surface area (Å²) in [6.07, 6.45) is 2.93. The van der Waals surface area contributed by atoms with E-state index >= 15 is 0 Å². The molecule has 0 radical (unpaired) electrons. The van der Waals surface area contributed by atoms with Crippen LogP contribution in [0.15, 0.2) is 36.5 Å². The van der Waals surface area contributed by atoms with Crippen LogP contribution >= 0.6 is 11.6 Å². The molecule has 24 heavy (non-hydrogen) atoms. The zero-order chi connectivity index (χ0) is 17.2. The highest BCUT2D eigenvalue weighted by molar-refractivity contribution is 6.29. The first-order chi connectivity index (χ1) is 11.5. The molecular weight excluding hydrogens is 328 g/mol. The van der Waals surface area contributed by atoms with Crippen LogP contribution in [0.2, 0.25) is 5.15 Å². The molecule has 0 saturated carbocycles. The molecule has 0 aliphatic carbocycles. The normalized spacial score (nSPS) is 16.8. The number of benzene rings is 1. The topological polar surface area (TPSA) is 54.8 Å². The summed E-state index contributed by atoms with van der Waals surface area (Å²) in [7, 11) is 3.22. The second-order valence-electron chi connectivity index (χ2n) is 5.96. The van der Waals surface area contributed by atoms with Crippen molar-refractivity contribution in [3.8, 4) is 11.5 Å². The van der Waals surface area contributed by atoms with Gasteiger partial charge in [-0.15, -0.1) is 0 Å². The number of methoxy groups -OCH3 is 2. The van der Waals surface area contributed by atoms with Gasteiger partial charge in [0.25, 0.3) is 0 Å². The molecule has 1 aromatic carbocycles. The number of anilines is 1. The second-order valence-corrected chi connectivity index (χ2v) is 6.34. The Bertz CT molecular complexity index is 693. The van der Waals surface area contributed by atoms with Gasteiger partial charge in [-0.05, 0) is 42.7 Å². The van der Waals surface area contributed by atoms with Crippen LogP contribution in [0.4, 0.5) is 5.69 Å². The van der Waals surface area contributed by atoms with Gasteiger partial charge in [-0.25, -0.2) is 4.98 Å². The molecule has 0 atom stereocenters. The molecule has 3 rings (SSSR count). The lowest BCUT2D eigenvalue weighted by Crippen LogP contribution is -2.42. The molecule has 0 amide bonds. The van der Waals surface area contributed by atoms with Gasteiger partial charge in [-0.2, -0.15) is 0 Å². The van der Waals surface area contributed by atoms with Crippen molar-refractivity contribution in [3.63, 3.8) is 0 Å². The molecule has 2 aromatic rings. The predicted molar refractivity (Wildman–Crippen MR) is 94.1 cm³/mol. The van der Waals surface area contributed by atoms with Crippen LogP contribution < -0.4 is 14.4 Å². The Morgan fingerprint density at radius 1 is 1.08 bits per heavy atom. The minimum absolute atomic E-state index is 0.478. The number of halogens is 1. The van der Waals surface area contributed by atoms with Gasteiger partial charge in [0.15, 0.2) is 0 Å². The Hall–Kier alpha value is -1.98. The minimum Gasteiger partial charge on any atom is -0.497 e. The first-order valence-electron chi connectivity index (χ1n) is 7.86. The highest BCUT2D eigenvalue weighted by atomic mass is 35.5. The van der Waals surface area contributed by atoms with E-state index in [1.165, 1.54) is 0 Å². The Labute approximate surface area is 146 Å². The minimum atomic E-state index is -0.894. The number of ether oxygens (including phenoxy) is 2. The maximum atomic E-state index is 11.1. The molecule has 128 valence electrons. The summed E-state index contributed by atoms with van der Waals surface area (Å²) in [6.45, 7) is 1.47. The van der Waals surface area contributed by atoms with Crippen molar-refractivity contribution in [2.75, 3.05) is 32.2 Å². The Kier molecular flexibility index (Phi) is 4.83. The summed E-state index contributed by atoms with van der Waals surface area (Å²) in [4.78, 5) is 6.22. The van der Waals surface area contributed by atoms with Crippen molar-refractivity contribution in [1.29, 1.82) is 0 Å². The fourth-order valence-corrected chi connectivity index (χ4v) is 3.26. The average molecular weight is 349 g/mol. The zero-order valence-corrected chi connectivity index (χ0v) is 14.6. The van der Waals surface area contributed by atoms with Crippen LogP contribution in [0.25, 0.3) is 0 Å². The highest BCUT2D eigenvalue weighted by Crippen LogP contribution is 2.38. The molecule has 1 aliphatic rings. The Morgan fingerprint density at radius 2 is 1.71 bits per heavy atom. The van der Waals surface area contributed by atoms with Gasteiger partial charge in [0, 0.05) is 31.0 Å². The molecule has 1 aliphatic heterocycles. The first kappa shape index (κ1) is 16.9. The summed E-state index contributed by atoms with van der Waals surface area (Å²) in [6, 6.07) is 9.34. The largest absolute Gasteiger partial charge is 0.497 e. The highest BCUT2D eigenvalue weighted by Gasteiger charge is 2.35. The van der Waals surface area contributed by atoms with Crippen LogP contribution in [0.3, 0.4) is 0 Å². The smallest absolute Gasteiger partial charge is 0.131 e. The molecule has 0 spiro atoms. The molecular formula is C18H21ClN2O3. The van der Waals surface area contributed by atoms with Crippen molar-refractivity contribution in [3.05, 3.63) is 47.2 Å². The molecule has 0 bridgehead atoms. The number of aromatic nitrogens is 1. The Balaban J connectivity index is 1.79. The summed E-state index contributed by atoms with van der Waals surface area (Å²) >= 11 is 5.97. The predicted octanol–water partition coefficient (Wildman–Crippen LogP) is 3.24. The fraction of sp³-hybridized carbons (Fsp3) is 0.389. The lowest BCUT2D eigenvalue weighted by Gasteiger charge is -2.39. The third kappa shape index (κ3) is 3.42. The molecule has 2 heterocycles. The van der Waals surface area contributed by atoms with E-state index in [4.69, 9.17) is 21.1 Å². The van der Waals surface area contributed by atoms with Crippen molar-refractivity contribution in [2.45, 2.75) is 18.4 Å². The number of hydrogen-bond acceptors (Lipinski definition) is 5. The van der Waals surface area contributed by atoms with E-state index in [-0.39, 0.29) is 0 Å². The van der Waals surface area contributed by atoms with Crippen molar-refractivity contribution in [1.82, 2.24) is 4.98 Å². The van der Waals surface area contributed by atoms with Crippen LogP contribution in [0, 0.1) is 0 Å². The molecule has 6 heteroatoms. The van der Waals surface area contributed by atoms with Crippen LogP contribution in [-0.2, 0) is 5.60 Å². The summed E-state index contributed by atoms with van der Waals surface area (Å²) in [5.74, 6) is 1.36. The van der Waals surface area contributed by atoms with Crippen LogP contribution in [-0.4, -0.2) is 37.4 Å². The van der Waals surface area contributed by atoms with E-state index in [1.54, 1.807) is 26.5 Å². The number of piperidine rings is 1. The monoisotopic (exact) mass is 348 g/mol. The zero-order valence-electron chi connectivity index (χ0n) is 13.8. The quantitative estimate of drug-likeness (QED) is 0.860. The summed E-state index contributed by atoms with van der Waals surface area (Å²) in [5.41, 5.74) is 0.959. The van der Waals surface area contributed by atoms with E-state index in [2.05, 4.69) is 9.88 Å². The third-order valence-electron chi connectivity index (χ3n) is 4.55. The van der Waals surface area contributed by atoms with E-state index < -0.39 is 5.60 Å². The number of rotatable bonds is 4. The number of pyridine rings is 1. The van der Waals surface area contributed by atoms with Crippen molar-refractivity contribution >= 4 is 17.3 Å². The average Bonchev–Trinajstić information content (AvgIpc) is 2.62.